The Hall–Kier alpha value is -1.28. The second kappa shape index (κ2) is 6.45. The molecule has 2 rings (SSSR count). The van der Waals surface area contributed by atoms with Crippen molar-refractivity contribution in [1.29, 1.82) is 0 Å². The van der Waals surface area contributed by atoms with Crippen LogP contribution in [0.4, 0.5) is 0 Å². The van der Waals surface area contributed by atoms with Crippen LogP contribution in [0.25, 0.3) is 0 Å². The minimum atomic E-state index is 0.682. The highest BCUT2D eigenvalue weighted by molar-refractivity contribution is 5.26. The maximum absolute atomic E-state index is 5.72. The quantitative estimate of drug-likeness (QED) is 0.720. The summed E-state index contributed by atoms with van der Waals surface area (Å²) in [7, 11) is 1.68. The number of ether oxygens (including phenoxy) is 2. The van der Waals surface area contributed by atoms with Crippen molar-refractivity contribution in [2.75, 3.05) is 13.7 Å². The summed E-state index contributed by atoms with van der Waals surface area (Å²) in [6, 6.07) is 8.04. The molecule has 17 heavy (non-hydrogen) atoms. The van der Waals surface area contributed by atoms with Crippen LogP contribution >= 0.6 is 0 Å². The van der Waals surface area contributed by atoms with Gasteiger partial charge in [0.25, 0.3) is 0 Å². The maximum Gasteiger partial charge on any atom is 0.118 e. The van der Waals surface area contributed by atoms with Crippen molar-refractivity contribution in [3.63, 3.8) is 0 Å². The average Bonchev–Trinajstić information content (AvgIpc) is 2.41. The monoisotopic (exact) mass is 232 g/mol. The van der Waals surface area contributed by atoms with Gasteiger partial charge in [-0.15, -0.1) is 0 Å². The summed E-state index contributed by atoms with van der Waals surface area (Å²) >= 11 is 0. The number of methoxy groups -OCH3 is 1. The zero-order valence-corrected chi connectivity index (χ0v) is 10.4. The summed E-state index contributed by atoms with van der Waals surface area (Å²) in [5.74, 6) is 0.892. The average molecular weight is 232 g/mol. The molecule has 92 valence electrons. The van der Waals surface area contributed by atoms with Gasteiger partial charge in [-0.25, -0.2) is 0 Å². The van der Waals surface area contributed by atoms with E-state index >= 15 is 0 Å². The third-order valence-electron chi connectivity index (χ3n) is 3.10. The molecule has 0 N–H and O–H groups in total. The largest absolute Gasteiger partial charge is 0.497 e. The van der Waals surface area contributed by atoms with E-state index in [0.29, 0.717) is 6.61 Å². The third kappa shape index (κ3) is 3.90. The topological polar surface area (TPSA) is 18.5 Å². The second-order valence-corrected chi connectivity index (χ2v) is 4.45. The van der Waals surface area contributed by atoms with E-state index in [1.807, 2.05) is 24.3 Å². The van der Waals surface area contributed by atoms with Crippen molar-refractivity contribution >= 4 is 0 Å². The lowest BCUT2D eigenvalue weighted by Crippen LogP contribution is -2.02. The number of hydrogen-bond donors (Lipinski definition) is 0. The fourth-order valence-corrected chi connectivity index (χ4v) is 2.06. The summed E-state index contributed by atoms with van der Waals surface area (Å²) in [5, 5.41) is 0. The molecule has 0 bridgehead atoms. The minimum Gasteiger partial charge on any atom is -0.497 e. The molecule has 0 fully saturated rings. The van der Waals surface area contributed by atoms with Crippen LogP contribution < -0.4 is 4.74 Å². The van der Waals surface area contributed by atoms with Crippen molar-refractivity contribution in [3.8, 4) is 5.75 Å². The number of benzene rings is 1. The van der Waals surface area contributed by atoms with Crippen molar-refractivity contribution < 1.29 is 9.47 Å². The molecule has 2 nitrogen and oxygen atoms in total. The van der Waals surface area contributed by atoms with Crippen LogP contribution in [0.1, 0.15) is 31.2 Å². The molecule has 1 aliphatic rings. The molecular formula is C15H20O2. The van der Waals surface area contributed by atoms with Crippen LogP contribution in [-0.4, -0.2) is 13.7 Å². The molecule has 0 radical (unpaired) electrons. The molecule has 1 aliphatic carbocycles. The summed E-state index contributed by atoms with van der Waals surface area (Å²) in [4.78, 5) is 0. The zero-order valence-electron chi connectivity index (χ0n) is 10.4. The lowest BCUT2D eigenvalue weighted by Gasteiger charge is -2.13. The second-order valence-electron chi connectivity index (χ2n) is 4.45. The molecule has 0 amide bonds. The molecule has 1 aromatic rings. The Bertz CT molecular complexity index is 365. The van der Waals surface area contributed by atoms with Gasteiger partial charge in [0, 0.05) is 0 Å². The molecule has 0 saturated heterocycles. The van der Waals surface area contributed by atoms with E-state index in [0.717, 1.165) is 12.4 Å². The first-order chi connectivity index (χ1) is 8.38. The first-order valence-corrected chi connectivity index (χ1v) is 6.27. The van der Waals surface area contributed by atoms with E-state index in [1.165, 1.54) is 36.8 Å². The standard InChI is InChI=1S/C15H20O2/c1-16-15-9-7-14(8-10-15)12-17-11-13-5-3-2-4-6-13/h5,7-10H,2-4,6,11-12H2,1H3. The summed E-state index contributed by atoms with van der Waals surface area (Å²) in [6.45, 7) is 1.47. The van der Waals surface area contributed by atoms with Gasteiger partial charge < -0.3 is 9.47 Å². The van der Waals surface area contributed by atoms with Gasteiger partial charge in [0.15, 0.2) is 0 Å². The summed E-state index contributed by atoms with van der Waals surface area (Å²) < 4.78 is 10.8. The molecule has 1 aromatic carbocycles. The van der Waals surface area contributed by atoms with E-state index in [2.05, 4.69) is 6.08 Å². The van der Waals surface area contributed by atoms with Gasteiger partial charge in [-0.3, -0.25) is 0 Å². The lowest BCUT2D eigenvalue weighted by atomic mass is 10.0. The Labute approximate surface area is 103 Å². The normalized spacial score (nSPS) is 15.5. The number of hydrogen-bond acceptors (Lipinski definition) is 2. The van der Waals surface area contributed by atoms with E-state index < -0.39 is 0 Å². The number of rotatable bonds is 5. The van der Waals surface area contributed by atoms with Crippen molar-refractivity contribution in [1.82, 2.24) is 0 Å². The van der Waals surface area contributed by atoms with Crippen LogP contribution in [0.2, 0.25) is 0 Å². The van der Waals surface area contributed by atoms with Gasteiger partial charge >= 0.3 is 0 Å². The van der Waals surface area contributed by atoms with Gasteiger partial charge in [0.05, 0.1) is 20.3 Å². The zero-order chi connectivity index (χ0) is 11.9. The Morgan fingerprint density at radius 1 is 1.06 bits per heavy atom. The van der Waals surface area contributed by atoms with E-state index in [-0.39, 0.29) is 0 Å². The van der Waals surface area contributed by atoms with Gasteiger partial charge in [-0.1, -0.05) is 18.2 Å². The van der Waals surface area contributed by atoms with Crippen molar-refractivity contribution in [3.05, 3.63) is 41.5 Å². The van der Waals surface area contributed by atoms with Crippen LogP contribution in [0.15, 0.2) is 35.9 Å². The number of allylic oxidation sites excluding steroid dienone is 1. The third-order valence-corrected chi connectivity index (χ3v) is 3.10. The first kappa shape index (κ1) is 12.2. The van der Waals surface area contributed by atoms with Gasteiger partial charge in [-0.05, 0) is 49.0 Å². The Kier molecular flexibility index (Phi) is 4.63. The SMILES string of the molecule is COc1ccc(COCC2=CCCCC2)cc1. The highest BCUT2D eigenvalue weighted by Crippen LogP contribution is 2.18. The fourth-order valence-electron chi connectivity index (χ4n) is 2.06. The molecule has 0 spiro atoms. The Morgan fingerprint density at radius 2 is 1.88 bits per heavy atom. The van der Waals surface area contributed by atoms with E-state index in [4.69, 9.17) is 9.47 Å². The molecule has 0 aromatic heterocycles. The molecule has 0 aliphatic heterocycles. The molecule has 0 atom stereocenters. The smallest absolute Gasteiger partial charge is 0.118 e. The highest BCUT2D eigenvalue weighted by atomic mass is 16.5. The van der Waals surface area contributed by atoms with Crippen LogP contribution in [0, 0.1) is 0 Å². The summed E-state index contributed by atoms with van der Waals surface area (Å²) in [5.41, 5.74) is 2.66. The Morgan fingerprint density at radius 3 is 2.53 bits per heavy atom. The summed E-state index contributed by atoms with van der Waals surface area (Å²) in [6.07, 6.45) is 7.42. The van der Waals surface area contributed by atoms with Crippen molar-refractivity contribution in [2.45, 2.75) is 32.3 Å². The predicted molar refractivity (Wildman–Crippen MR) is 69.2 cm³/mol. The fraction of sp³-hybridized carbons (Fsp3) is 0.467. The molecule has 0 saturated carbocycles. The van der Waals surface area contributed by atoms with Gasteiger partial charge in [0.2, 0.25) is 0 Å². The van der Waals surface area contributed by atoms with Gasteiger partial charge in [0.1, 0.15) is 5.75 Å². The van der Waals surface area contributed by atoms with E-state index in [9.17, 15) is 0 Å². The minimum absolute atomic E-state index is 0.682. The Balaban J connectivity index is 1.75. The van der Waals surface area contributed by atoms with Crippen LogP contribution in [0.3, 0.4) is 0 Å². The van der Waals surface area contributed by atoms with Crippen LogP contribution in [-0.2, 0) is 11.3 Å². The van der Waals surface area contributed by atoms with Crippen molar-refractivity contribution in [2.24, 2.45) is 0 Å². The lowest BCUT2D eigenvalue weighted by molar-refractivity contribution is 0.139. The molecule has 0 unspecified atom stereocenters. The molecule has 0 heterocycles. The maximum atomic E-state index is 5.72. The van der Waals surface area contributed by atoms with E-state index in [1.54, 1.807) is 7.11 Å². The first-order valence-electron chi connectivity index (χ1n) is 6.27. The predicted octanol–water partition coefficient (Wildman–Crippen LogP) is 3.71. The molecule has 2 heteroatoms. The van der Waals surface area contributed by atoms with Crippen LogP contribution in [0.5, 0.6) is 5.75 Å². The van der Waals surface area contributed by atoms with Gasteiger partial charge in [-0.2, -0.15) is 0 Å². The molecular weight excluding hydrogens is 212 g/mol. The highest BCUT2D eigenvalue weighted by Gasteiger charge is 2.03.